The van der Waals surface area contributed by atoms with Crippen LogP contribution in [-0.4, -0.2) is 24.7 Å². The molecule has 0 aliphatic carbocycles. The van der Waals surface area contributed by atoms with Crippen LogP contribution in [0.4, 0.5) is 5.95 Å². The van der Waals surface area contributed by atoms with E-state index in [2.05, 4.69) is 15.1 Å². The summed E-state index contributed by atoms with van der Waals surface area (Å²) in [6.45, 7) is 0. The molecule has 16 heavy (non-hydrogen) atoms. The van der Waals surface area contributed by atoms with Crippen LogP contribution in [0.15, 0.2) is 24.5 Å². The van der Waals surface area contributed by atoms with Gasteiger partial charge in [-0.15, -0.1) is 4.68 Å². The van der Waals surface area contributed by atoms with E-state index in [1.165, 1.54) is 17.9 Å². The third-order valence-electron chi connectivity index (χ3n) is 1.72. The summed E-state index contributed by atoms with van der Waals surface area (Å²) in [4.78, 5) is 17.2. The van der Waals surface area contributed by atoms with E-state index >= 15 is 0 Å². The van der Waals surface area contributed by atoms with Crippen molar-refractivity contribution in [2.45, 2.75) is 0 Å². The zero-order valence-corrected chi connectivity index (χ0v) is 8.27. The second-order valence-electron chi connectivity index (χ2n) is 2.87. The lowest BCUT2D eigenvalue weighted by atomic mass is 10.5. The van der Waals surface area contributed by atoms with Gasteiger partial charge in [0, 0.05) is 11.3 Å². The van der Waals surface area contributed by atoms with E-state index in [4.69, 9.17) is 4.74 Å². The molecule has 8 nitrogen and oxygen atoms in total. The maximum absolute atomic E-state index is 10.4. The van der Waals surface area contributed by atoms with Crippen LogP contribution in [-0.2, 0) is 7.05 Å². The highest BCUT2D eigenvalue weighted by Gasteiger charge is 2.20. The predicted molar refractivity (Wildman–Crippen MR) is 52.0 cm³/mol. The van der Waals surface area contributed by atoms with E-state index in [1.807, 2.05) is 0 Å². The summed E-state index contributed by atoms with van der Waals surface area (Å²) in [5.74, 6) is -0.0608. The van der Waals surface area contributed by atoms with Crippen molar-refractivity contribution in [1.82, 2.24) is 19.7 Å². The van der Waals surface area contributed by atoms with Gasteiger partial charge in [-0.25, -0.2) is 0 Å². The fourth-order valence-electron chi connectivity index (χ4n) is 1.04. The monoisotopic (exact) mass is 221 g/mol. The minimum atomic E-state index is -0.684. The standard InChI is InChI=1S/C8H7N5O3/c1-12-8(10-7(11-12)13(14)15)16-6-3-2-4-9-5-6/h2-5H,1H3. The van der Waals surface area contributed by atoms with Gasteiger partial charge in [-0.2, -0.15) is 0 Å². The highest BCUT2D eigenvalue weighted by molar-refractivity contribution is 5.21. The number of aromatic nitrogens is 4. The molecule has 0 saturated carbocycles. The molecule has 0 saturated heterocycles. The molecule has 2 heterocycles. The molecule has 0 amide bonds. The summed E-state index contributed by atoms with van der Waals surface area (Å²) in [5.41, 5.74) is 0. The Balaban J connectivity index is 2.25. The van der Waals surface area contributed by atoms with Gasteiger partial charge in [-0.3, -0.25) is 4.98 Å². The van der Waals surface area contributed by atoms with E-state index in [-0.39, 0.29) is 6.01 Å². The summed E-state index contributed by atoms with van der Waals surface area (Å²) in [6.07, 6.45) is 3.06. The first-order valence-electron chi connectivity index (χ1n) is 4.30. The van der Waals surface area contributed by atoms with Gasteiger partial charge in [0.15, 0.2) is 5.75 Å². The van der Waals surface area contributed by atoms with E-state index in [1.54, 1.807) is 18.3 Å². The number of hydrogen-bond donors (Lipinski definition) is 0. The van der Waals surface area contributed by atoms with E-state index in [9.17, 15) is 10.1 Å². The smallest absolute Gasteiger partial charge is 0.410 e. The third-order valence-corrected chi connectivity index (χ3v) is 1.72. The van der Waals surface area contributed by atoms with E-state index in [0.29, 0.717) is 5.75 Å². The summed E-state index contributed by atoms with van der Waals surface area (Å²) >= 11 is 0. The van der Waals surface area contributed by atoms with Crippen molar-refractivity contribution in [2.75, 3.05) is 0 Å². The van der Waals surface area contributed by atoms with Gasteiger partial charge in [0.2, 0.25) is 0 Å². The Morgan fingerprint density at radius 3 is 2.94 bits per heavy atom. The van der Waals surface area contributed by atoms with Crippen LogP contribution in [0.1, 0.15) is 0 Å². The Bertz CT molecular complexity index is 510. The lowest BCUT2D eigenvalue weighted by Crippen LogP contribution is -1.96. The van der Waals surface area contributed by atoms with Gasteiger partial charge < -0.3 is 14.9 Å². The molecule has 0 unspecified atom stereocenters. The van der Waals surface area contributed by atoms with Crippen molar-refractivity contribution in [1.29, 1.82) is 0 Å². The fraction of sp³-hybridized carbons (Fsp3) is 0.125. The van der Waals surface area contributed by atoms with Crippen LogP contribution in [0.3, 0.4) is 0 Å². The Morgan fingerprint density at radius 1 is 1.56 bits per heavy atom. The summed E-state index contributed by atoms with van der Waals surface area (Å²) in [6, 6.07) is 3.38. The predicted octanol–water partition coefficient (Wildman–Crippen LogP) is 0.911. The molecule has 0 aliphatic heterocycles. The first-order valence-corrected chi connectivity index (χ1v) is 4.30. The summed E-state index contributed by atoms with van der Waals surface area (Å²) in [5, 5.41) is 14.0. The van der Waals surface area contributed by atoms with Crippen LogP contribution in [0.25, 0.3) is 0 Å². The van der Waals surface area contributed by atoms with Crippen molar-refractivity contribution >= 4 is 5.95 Å². The molecule has 0 radical (unpaired) electrons. The number of hydrogen-bond acceptors (Lipinski definition) is 6. The van der Waals surface area contributed by atoms with Crippen molar-refractivity contribution in [3.63, 3.8) is 0 Å². The number of rotatable bonds is 3. The number of nitro groups is 1. The minimum Gasteiger partial charge on any atom is -0.410 e. The Labute approximate surface area is 89.7 Å². The van der Waals surface area contributed by atoms with Crippen molar-refractivity contribution in [2.24, 2.45) is 7.05 Å². The van der Waals surface area contributed by atoms with Crippen LogP contribution >= 0.6 is 0 Å². The molecular weight excluding hydrogens is 214 g/mol. The molecule has 2 aromatic rings. The van der Waals surface area contributed by atoms with Crippen molar-refractivity contribution < 1.29 is 9.66 Å². The number of ether oxygens (including phenoxy) is 1. The van der Waals surface area contributed by atoms with Gasteiger partial charge in [-0.05, 0) is 22.0 Å². The van der Waals surface area contributed by atoms with Gasteiger partial charge in [0.05, 0.1) is 13.2 Å². The Morgan fingerprint density at radius 2 is 2.38 bits per heavy atom. The van der Waals surface area contributed by atoms with Gasteiger partial charge >= 0.3 is 12.0 Å². The summed E-state index contributed by atoms with van der Waals surface area (Å²) < 4.78 is 6.45. The molecule has 0 aromatic carbocycles. The molecule has 0 N–H and O–H groups in total. The van der Waals surface area contributed by atoms with Crippen LogP contribution in [0, 0.1) is 10.1 Å². The minimum absolute atomic E-state index is 0.0414. The molecule has 82 valence electrons. The number of nitrogens with zero attached hydrogens (tertiary/aromatic N) is 5. The average molecular weight is 221 g/mol. The van der Waals surface area contributed by atoms with Crippen molar-refractivity contribution in [3.05, 3.63) is 34.6 Å². The van der Waals surface area contributed by atoms with Gasteiger partial charge in [-0.1, -0.05) is 0 Å². The Hall–Kier alpha value is -2.51. The van der Waals surface area contributed by atoms with Crippen molar-refractivity contribution in [3.8, 4) is 11.8 Å². The zero-order valence-electron chi connectivity index (χ0n) is 8.27. The SMILES string of the molecule is Cn1nc([N+](=O)[O-])nc1Oc1cccnc1. The van der Waals surface area contributed by atoms with E-state index in [0.717, 1.165) is 0 Å². The maximum atomic E-state index is 10.4. The molecule has 0 aliphatic rings. The summed E-state index contributed by atoms with van der Waals surface area (Å²) in [7, 11) is 1.51. The zero-order chi connectivity index (χ0) is 11.5. The maximum Gasteiger partial charge on any atom is 0.494 e. The average Bonchev–Trinajstić information content (AvgIpc) is 2.62. The fourth-order valence-corrected chi connectivity index (χ4v) is 1.04. The Kier molecular flexibility index (Phi) is 2.46. The van der Waals surface area contributed by atoms with Gasteiger partial charge in [0.1, 0.15) is 0 Å². The molecule has 0 bridgehead atoms. The lowest BCUT2D eigenvalue weighted by Gasteiger charge is -1.97. The second kappa shape index (κ2) is 3.93. The van der Waals surface area contributed by atoms with Crippen LogP contribution in [0.5, 0.6) is 11.8 Å². The third kappa shape index (κ3) is 1.95. The lowest BCUT2D eigenvalue weighted by molar-refractivity contribution is -0.394. The molecule has 0 atom stereocenters. The first-order chi connectivity index (χ1) is 7.66. The molecule has 8 heteroatoms. The first kappa shape index (κ1) is 10.0. The van der Waals surface area contributed by atoms with E-state index < -0.39 is 10.9 Å². The normalized spacial score (nSPS) is 10.1. The second-order valence-corrected chi connectivity index (χ2v) is 2.87. The highest BCUT2D eigenvalue weighted by atomic mass is 16.6. The topological polar surface area (TPSA) is 96.0 Å². The molecular formula is C8H7N5O3. The molecule has 0 fully saturated rings. The largest absolute Gasteiger partial charge is 0.494 e. The molecule has 2 rings (SSSR count). The number of aryl methyl sites for hydroxylation is 1. The van der Waals surface area contributed by atoms with Gasteiger partial charge in [0.25, 0.3) is 0 Å². The quantitative estimate of drug-likeness (QED) is 0.564. The van der Waals surface area contributed by atoms with Crippen LogP contribution < -0.4 is 4.74 Å². The molecule has 2 aromatic heterocycles. The highest BCUT2D eigenvalue weighted by Crippen LogP contribution is 2.19. The molecule has 0 spiro atoms. The number of pyridine rings is 1. The van der Waals surface area contributed by atoms with Crippen LogP contribution in [0.2, 0.25) is 0 Å².